The van der Waals surface area contributed by atoms with Crippen LogP contribution in [0.1, 0.15) is 22.5 Å². The van der Waals surface area contributed by atoms with Gasteiger partial charge in [0.2, 0.25) is 11.9 Å². The molecule has 0 saturated heterocycles. The number of nitrogens with zero attached hydrogens (tertiary/aromatic N) is 5. The van der Waals surface area contributed by atoms with E-state index in [-0.39, 0.29) is 16.1 Å². The molecule has 0 fully saturated rings. The zero-order valence-electron chi connectivity index (χ0n) is 15.0. The first-order valence-electron chi connectivity index (χ1n) is 8.18. The molecule has 0 atom stereocenters. The minimum Gasteiger partial charge on any atom is -0.292 e. The van der Waals surface area contributed by atoms with Crippen LogP contribution in [0.2, 0.25) is 0 Å². The van der Waals surface area contributed by atoms with E-state index in [0.29, 0.717) is 6.54 Å². The monoisotopic (exact) mass is 456 g/mol. The molecule has 1 aromatic carbocycles. The summed E-state index contributed by atoms with van der Waals surface area (Å²) in [4.78, 5) is 16.2. The van der Waals surface area contributed by atoms with E-state index in [0.717, 1.165) is 15.8 Å². The molecule has 1 N–H and O–H groups in total. The second kappa shape index (κ2) is 7.74. The van der Waals surface area contributed by atoms with E-state index in [1.807, 2.05) is 31.2 Å². The first kappa shape index (κ1) is 20.1. The van der Waals surface area contributed by atoms with E-state index >= 15 is 0 Å². The average molecular weight is 457 g/mol. The summed E-state index contributed by atoms with van der Waals surface area (Å²) in [6.45, 7) is 3.50. The van der Waals surface area contributed by atoms with Crippen molar-refractivity contribution in [3.05, 3.63) is 57.6 Å². The van der Waals surface area contributed by atoms with Crippen LogP contribution in [0.25, 0.3) is 0 Å². The molecule has 2 aromatic heterocycles. The minimum atomic E-state index is -4.61. The Morgan fingerprint density at radius 3 is 2.64 bits per heavy atom. The van der Waals surface area contributed by atoms with Crippen LogP contribution in [-0.4, -0.2) is 30.5 Å². The first-order valence-corrected chi connectivity index (χ1v) is 8.97. The number of alkyl halides is 3. The fourth-order valence-electron chi connectivity index (χ4n) is 2.59. The summed E-state index contributed by atoms with van der Waals surface area (Å²) in [6, 6.07) is 7.88. The van der Waals surface area contributed by atoms with Crippen molar-refractivity contribution in [2.24, 2.45) is 0 Å². The van der Waals surface area contributed by atoms with Gasteiger partial charge >= 0.3 is 6.18 Å². The Morgan fingerprint density at radius 1 is 1.25 bits per heavy atom. The molecule has 3 rings (SSSR count). The Balaban J connectivity index is 1.65. The van der Waals surface area contributed by atoms with Crippen molar-refractivity contribution < 1.29 is 18.0 Å². The highest BCUT2D eigenvalue weighted by Crippen LogP contribution is 2.35. The summed E-state index contributed by atoms with van der Waals surface area (Å²) in [5, 5.41) is 10.1. The maximum absolute atomic E-state index is 12.9. The minimum absolute atomic E-state index is 0.0672. The van der Waals surface area contributed by atoms with E-state index in [1.165, 1.54) is 13.3 Å². The van der Waals surface area contributed by atoms with Crippen LogP contribution in [0.15, 0.2) is 35.1 Å². The molecule has 1 amide bonds. The second-order valence-electron chi connectivity index (χ2n) is 6.21. The molecular formula is C17H16BrF3N6O. The predicted octanol–water partition coefficient (Wildman–Crippen LogP) is 3.56. The van der Waals surface area contributed by atoms with Gasteiger partial charge in [0.25, 0.3) is 0 Å². The molecule has 0 saturated carbocycles. The quantitative estimate of drug-likeness (QED) is 0.636. The third-order valence-corrected chi connectivity index (χ3v) is 4.86. The van der Waals surface area contributed by atoms with Crippen LogP contribution in [-0.2, 0) is 24.1 Å². The van der Waals surface area contributed by atoms with Gasteiger partial charge in [0, 0.05) is 0 Å². The average Bonchev–Trinajstić information content (AvgIpc) is 3.13. The number of aromatic nitrogens is 5. The van der Waals surface area contributed by atoms with Gasteiger partial charge in [-0.2, -0.15) is 18.3 Å². The summed E-state index contributed by atoms with van der Waals surface area (Å²) in [6.07, 6.45) is -3.14. The number of carbonyl (C=O) groups excluding carboxylic acids is 1. The molecule has 0 radical (unpaired) electrons. The molecule has 0 aliphatic rings. The van der Waals surface area contributed by atoms with Crippen LogP contribution >= 0.6 is 15.9 Å². The highest BCUT2D eigenvalue weighted by atomic mass is 79.9. The number of rotatable bonds is 5. The Labute approximate surface area is 166 Å². The van der Waals surface area contributed by atoms with Crippen molar-refractivity contribution in [2.75, 3.05) is 5.32 Å². The number of nitrogens with one attached hydrogen (secondary N) is 1. The normalized spacial score (nSPS) is 11.6. The number of hydrogen-bond donors (Lipinski definition) is 1. The highest BCUT2D eigenvalue weighted by Gasteiger charge is 2.38. The summed E-state index contributed by atoms with van der Waals surface area (Å²) < 4.78 is 41.1. The number of anilines is 1. The fraction of sp³-hybridized carbons (Fsp3) is 0.294. The lowest BCUT2D eigenvalue weighted by atomic mass is 10.1. The van der Waals surface area contributed by atoms with Crippen molar-refractivity contribution in [1.82, 2.24) is 24.5 Å². The summed E-state index contributed by atoms with van der Waals surface area (Å²) in [5.74, 6) is -0.516. The molecule has 0 bridgehead atoms. The van der Waals surface area contributed by atoms with Gasteiger partial charge in [-0.3, -0.25) is 14.8 Å². The smallest absolute Gasteiger partial charge is 0.292 e. The Morgan fingerprint density at radius 2 is 2.00 bits per heavy atom. The molecule has 7 nitrogen and oxygen atoms in total. The number of carbonyl (C=O) groups is 1. The van der Waals surface area contributed by atoms with E-state index in [4.69, 9.17) is 0 Å². The van der Waals surface area contributed by atoms with Gasteiger partial charge in [-0.1, -0.05) is 29.8 Å². The van der Waals surface area contributed by atoms with Crippen molar-refractivity contribution in [2.45, 2.75) is 33.1 Å². The summed E-state index contributed by atoms with van der Waals surface area (Å²) in [5.41, 5.74) is 1.27. The number of halogens is 4. The van der Waals surface area contributed by atoms with E-state index in [1.54, 1.807) is 4.68 Å². The van der Waals surface area contributed by atoms with Gasteiger partial charge in [-0.15, -0.1) is 5.10 Å². The molecule has 148 valence electrons. The van der Waals surface area contributed by atoms with Gasteiger partial charge in [0.15, 0.2) is 5.69 Å². The van der Waals surface area contributed by atoms with Crippen molar-refractivity contribution in [3.8, 4) is 0 Å². The second-order valence-corrected chi connectivity index (χ2v) is 7.00. The van der Waals surface area contributed by atoms with E-state index in [2.05, 4.69) is 36.4 Å². The van der Waals surface area contributed by atoms with Gasteiger partial charge in [0.05, 0.1) is 16.7 Å². The van der Waals surface area contributed by atoms with Crippen molar-refractivity contribution in [3.63, 3.8) is 0 Å². The zero-order valence-corrected chi connectivity index (χ0v) is 16.5. The SMILES string of the molecule is Cc1cccc(Cn2cnc(NC(=O)Cn3nc(C(F)(F)F)c(Br)c3C)n2)c1. The van der Waals surface area contributed by atoms with Gasteiger partial charge < -0.3 is 0 Å². The largest absolute Gasteiger partial charge is 0.436 e. The third-order valence-electron chi connectivity index (χ3n) is 3.91. The summed E-state index contributed by atoms with van der Waals surface area (Å²) in [7, 11) is 0. The van der Waals surface area contributed by atoms with Crippen LogP contribution in [0.4, 0.5) is 19.1 Å². The third kappa shape index (κ3) is 4.58. The maximum Gasteiger partial charge on any atom is 0.436 e. The van der Waals surface area contributed by atoms with Gasteiger partial charge in [0.1, 0.15) is 12.9 Å². The molecule has 0 aliphatic carbocycles. The van der Waals surface area contributed by atoms with Crippen LogP contribution in [0.5, 0.6) is 0 Å². The molecular weight excluding hydrogens is 441 g/mol. The van der Waals surface area contributed by atoms with Crippen LogP contribution < -0.4 is 5.32 Å². The molecule has 3 aromatic rings. The molecule has 0 aliphatic heterocycles. The number of amides is 1. The summed E-state index contributed by atoms with van der Waals surface area (Å²) >= 11 is 2.87. The van der Waals surface area contributed by atoms with Gasteiger partial charge in [-0.25, -0.2) is 9.67 Å². The molecule has 0 unspecified atom stereocenters. The lowest BCUT2D eigenvalue weighted by molar-refractivity contribution is -0.142. The lowest BCUT2D eigenvalue weighted by Gasteiger charge is -2.04. The highest BCUT2D eigenvalue weighted by molar-refractivity contribution is 9.10. The number of benzene rings is 1. The Hall–Kier alpha value is -2.69. The topological polar surface area (TPSA) is 77.6 Å². The van der Waals surface area contributed by atoms with E-state index < -0.39 is 24.3 Å². The van der Waals surface area contributed by atoms with E-state index in [9.17, 15) is 18.0 Å². The fourth-order valence-corrected chi connectivity index (χ4v) is 3.09. The molecule has 11 heteroatoms. The number of aryl methyl sites for hydroxylation is 1. The molecule has 2 heterocycles. The standard InChI is InChI=1S/C17H16BrF3N6O/c1-10-4-3-5-12(6-10)7-26-9-22-16(25-26)23-13(28)8-27-11(2)14(18)15(24-27)17(19,20)21/h3-6,9H,7-8H2,1-2H3,(H,23,25,28). The Bertz CT molecular complexity index is 1010. The van der Waals surface area contributed by atoms with Crippen molar-refractivity contribution >= 4 is 27.8 Å². The van der Waals surface area contributed by atoms with Crippen LogP contribution in [0, 0.1) is 13.8 Å². The Kier molecular flexibility index (Phi) is 5.54. The predicted molar refractivity (Wildman–Crippen MR) is 98.6 cm³/mol. The first-order chi connectivity index (χ1) is 13.1. The molecule has 0 spiro atoms. The zero-order chi connectivity index (χ0) is 20.5. The maximum atomic E-state index is 12.9. The lowest BCUT2D eigenvalue weighted by Crippen LogP contribution is -2.21. The van der Waals surface area contributed by atoms with Crippen LogP contribution in [0.3, 0.4) is 0 Å². The molecule has 28 heavy (non-hydrogen) atoms. The van der Waals surface area contributed by atoms with Gasteiger partial charge in [-0.05, 0) is 35.3 Å². The van der Waals surface area contributed by atoms with Crippen molar-refractivity contribution in [1.29, 1.82) is 0 Å². The number of hydrogen-bond acceptors (Lipinski definition) is 4.